The summed E-state index contributed by atoms with van der Waals surface area (Å²) in [6.07, 6.45) is 1.44. The number of hydrogen-bond donors (Lipinski definition) is 3. The van der Waals surface area contributed by atoms with Crippen LogP contribution in [0.25, 0.3) is 0 Å². The third-order valence-corrected chi connectivity index (χ3v) is 2.20. The van der Waals surface area contributed by atoms with Gasteiger partial charge < -0.3 is 15.5 Å². The lowest BCUT2D eigenvalue weighted by molar-refractivity contribution is 0.385. The molecule has 14 heavy (non-hydrogen) atoms. The summed E-state index contributed by atoms with van der Waals surface area (Å²) in [4.78, 5) is 21.2. The van der Waals surface area contributed by atoms with E-state index in [1.807, 2.05) is 0 Å². The highest BCUT2D eigenvalue weighted by molar-refractivity contribution is 7.59. The molecule has 1 aromatic heterocycles. The molecular weight excluding hydrogens is 207 g/mol. The molecule has 0 aliphatic rings. The van der Waals surface area contributed by atoms with E-state index in [1.54, 1.807) is 6.92 Å². The molecule has 4 N–H and O–H groups in total. The topological polar surface area (TPSA) is 122 Å². The molecule has 78 valence electrons. The second-order valence-electron chi connectivity index (χ2n) is 2.96. The molecule has 1 rings (SSSR count). The Morgan fingerprint density at radius 1 is 1.57 bits per heavy atom. The quantitative estimate of drug-likeness (QED) is 0.531. The van der Waals surface area contributed by atoms with Crippen LogP contribution in [0.3, 0.4) is 0 Å². The van der Waals surface area contributed by atoms with Crippen molar-refractivity contribution >= 4 is 13.0 Å². The Morgan fingerprint density at radius 2 is 2.21 bits per heavy atom. The van der Waals surface area contributed by atoms with Crippen molar-refractivity contribution in [2.24, 2.45) is 5.73 Å². The lowest BCUT2D eigenvalue weighted by Crippen LogP contribution is -2.21. The lowest BCUT2D eigenvalue weighted by Gasteiger charge is -2.04. The van der Waals surface area contributed by atoms with Gasteiger partial charge in [0, 0.05) is 12.5 Å². The van der Waals surface area contributed by atoms with Crippen LogP contribution in [0.2, 0.25) is 0 Å². The standard InChI is InChI=1S/C6H11N4O3P/c1-4(7)2-5-8-3-6(10-9-5)14(11,12)13/h3-4H,2,7H2,1H3,(H2,11,12,13)/t4-/m1/s1. The van der Waals surface area contributed by atoms with Gasteiger partial charge in [0.2, 0.25) is 0 Å². The molecule has 0 aromatic carbocycles. The van der Waals surface area contributed by atoms with Gasteiger partial charge in [0.15, 0.2) is 11.3 Å². The smallest absolute Gasteiger partial charge is 0.328 e. The molecule has 0 unspecified atom stereocenters. The molecule has 1 atom stereocenters. The van der Waals surface area contributed by atoms with E-state index < -0.39 is 13.0 Å². The number of rotatable bonds is 3. The van der Waals surface area contributed by atoms with Crippen LogP contribution < -0.4 is 11.2 Å². The molecule has 8 heteroatoms. The maximum absolute atomic E-state index is 10.7. The Balaban J connectivity index is 2.84. The summed E-state index contributed by atoms with van der Waals surface area (Å²) < 4.78 is 10.7. The normalized spacial score (nSPS) is 14.0. The highest BCUT2D eigenvalue weighted by Crippen LogP contribution is 2.30. The van der Waals surface area contributed by atoms with Gasteiger partial charge in [0.1, 0.15) is 0 Å². The van der Waals surface area contributed by atoms with E-state index in [0.717, 1.165) is 6.20 Å². The molecule has 0 spiro atoms. The van der Waals surface area contributed by atoms with Crippen LogP contribution in [-0.2, 0) is 11.0 Å². The Kier molecular flexibility index (Phi) is 3.28. The van der Waals surface area contributed by atoms with Crippen molar-refractivity contribution in [2.45, 2.75) is 19.4 Å². The first-order valence-corrected chi connectivity index (χ1v) is 5.51. The summed E-state index contributed by atoms with van der Waals surface area (Å²) in [6, 6.07) is -0.113. The van der Waals surface area contributed by atoms with Crippen LogP contribution in [0.1, 0.15) is 12.7 Å². The molecule has 0 amide bonds. The fourth-order valence-electron chi connectivity index (χ4n) is 0.808. The Morgan fingerprint density at radius 3 is 2.57 bits per heavy atom. The van der Waals surface area contributed by atoms with Gasteiger partial charge in [-0.2, -0.15) is 0 Å². The van der Waals surface area contributed by atoms with Crippen LogP contribution in [0.15, 0.2) is 6.20 Å². The maximum atomic E-state index is 10.7. The van der Waals surface area contributed by atoms with Crippen LogP contribution in [-0.4, -0.2) is 31.0 Å². The average Bonchev–Trinajstić information content (AvgIpc) is 2.02. The zero-order valence-corrected chi connectivity index (χ0v) is 8.43. The zero-order chi connectivity index (χ0) is 10.8. The molecule has 0 saturated carbocycles. The monoisotopic (exact) mass is 218 g/mol. The van der Waals surface area contributed by atoms with E-state index in [-0.39, 0.29) is 6.04 Å². The van der Waals surface area contributed by atoms with Gasteiger partial charge in [-0.1, -0.05) is 0 Å². The molecule has 7 nitrogen and oxygen atoms in total. The molecule has 1 heterocycles. The zero-order valence-electron chi connectivity index (χ0n) is 7.53. The maximum Gasteiger partial charge on any atom is 0.377 e. The van der Waals surface area contributed by atoms with E-state index >= 15 is 0 Å². The van der Waals surface area contributed by atoms with E-state index in [9.17, 15) is 4.57 Å². The van der Waals surface area contributed by atoms with Crippen molar-refractivity contribution in [1.82, 2.24) is 15.2 Å². The van der Waals surface area contributed by atoms with E-state index in [1.165, 1.54) is 0 Å². The molecule has 0 saturated heterocycles. The number of nitrogens with two attached hydrogens (primary N) is 1. The second-order valence-corrected chi connectivity index (χ2v) is 4.50. The first-order valence-electron chi connectivity index (χ1n) is 3.90. The second kappa shape index (κ2) is 4.10. The molecule has 0 aliphatic heterocycles. The minimum atomic E-state index is -4.34. The summed E-state index contributed by atoms with van der Waals surface area (Å²) in [5.74, 6) is 0.372. The van der Waals surface area contributed by atoms with Gasteiger partial charge >= 0.3 is 7.60 Å². The molecule has 0 bridgehead atoms. The highest BCUT2D eigenvalue weighted by atomic mass is 31.2. The van der Waals surface area contributed by atoms with Crippen molar-refractivity contribution in [3.8, 4) is 0 Å². The summed E-state index contributed by atoms with van der Waals surface area (Å²) >= 11 is 0. The van der Waals surface area contributed by atoms with E-state index in [0.29, 0.717) is 12.2 Å². The summed E-state index contributed by atoms with van der Waals surface area (Å²) in [5.41, 5.74) is 5.06. The van der Waals surface area contributed by atoms with Gasteiger partial charge in [-0.3, -0.25) is 4.57 Å². The molecule has 0 radical (unpaired) electrons. The minimum Gasteiger partial charge on any atom is -0.328 e. The molecular formula is C6H11N4O3P. The Hall–Kier alpha value is -0.880. The van der Waals surface area contributed by atoms with Crippen molar-refractivity contribution < 1.29 is 14.4 Å². The third kappa shape index (κ3) is 3.12. The summed E-state index contributed by atoms with van der Waals surface area (Å²) in [6.45, 7) is 1.78. The number of hydrogen-bond acceptors (Lipinski definition) is 5. The van der Waals surface area contributed by atoms with Gasteiger partial charge in [0.05, 0.1) is 6.20 Å². The predicted molar refractivity (Wildman–Crippen MR) is 48.9 cm³/mol. The van der Waals surface area contributed by atoms with Crippen LogP contribution in [0, 0.1) is 0 Å². The van der Waals surface area contributed by atoms with Crippen LogP contribution in [0.4, 0.5) is 0 Å². The SMILES string of the molecule is C[C@@H](N)Cc1ncc(P(=O)(O)O)nn1. The fourth-order valence-corrected chi connectivity index (χ4v) is 1.18. The summed E-state index contributed by atoms with van der Waals surface area (Å²) in [7, 11) is -4.34. The molecule has 0 fully saturated rings. The largest absolute Gasteiger partial charge is 0.377 e. The minimum absolute atomic E-state index is 0.113. The molecule has 1 aromatic rings. The van der Waals surface area contributed by atoms with Crippen molar-refractivity contribution in [3.63, 3.8) is 0 Å². The molecule has 0 aliphatic carbocycles. The van der Waals surface area contributed by atoms with E-state index in [4.69, 9.17) is 15.5 Å². The van der Waals surface area contributed by atoms with Gasteiger partial charge in [0.25, 0.3) is 0 Å². The van der Waals surface area contributed by atoms with Gasteiger partial charge in [-0.15, -0.1) is 10.2 Å². The Bertz CT molecular complexity index is 347. The van der Waals surface area contributed by atoms with E-state index in [2.05, 4.69) is 15.2 Å². The Labute approximate surface area is 80.5 Å². The first kappa shape index (κ1) is 11.2. The van der Waals surface area contributed by atoms with Crippen LogP contribution >= 0.6 is 7.60 Å². The fraction of sp³-hybridized carbons (Fsp3) is 0.500. The first-order chi connectivity index (χ1) is 6.39. The number of nitrogens with zero attached hydrogens (tertiary/aromatic N) is 3. The van der Waals surface area contributed by atoms with Gasteiger partial charge in [-0.25, -0.2) is 4.98 Å². The number of aromatic nitrogens is 3. The van der Waals surface area contributed by atoms with Gasteiger partial charge in [-0.05, 0) is 6.92 Å². The lowest BCUT2D eigenvalue weighted by atomic mass is 10.2. The van der Waals surface area contributed by atoms with Crippen molar-refractivity contribution in [2.75, 3.05) is 0 Å². The predicted octanol–water partition coefficient (Wildman–Crippen LogP) is -1.44. The third-order valence-electron chi connectivity index (χ3n) is 1.40. The van der Waals surface area contributed by atoms with Crippen LogP contribution in [0.5, 0.6) is 0 Å². The average molecular weight is 218 g/mol. The van der Waals surface area contributed by atoms with Crippen molar-refractivity contribution in [3.05, 3.63) is 12.0 Å². The van der Waals surface area contributed by atoms with Crippen molar-refractivity contribution in [1.29, 1.82) is 0 Å². The summed E-state index contributed by atoms with van der Waals surface area (Å²) in [5, 5.41) is 6.92. The highest BCUT2D eigenvalue weighted by Gasteiger charge is 2.20.